The zero-order valence-electron chi connectivity index (χ0n) is 12.7. The van der Waals surface area contributed by atoms with E-state index in [1.54, 1.807) is 12.0 Å². The molecular formula is C18H16N2O3. The number of amides is 1. The fourth-order valence-corrected chi connectivity index (χ4v) is 2.97. The van der Waals surface area contributed by atoms with Crippen LogP contribution in [0.2, 0.25) is 0 Å². The van der Waals surface area contributed by atoms with Gasteiger partial charge < -0.3 is 14.1 Å². The number of hydrogen-bond donors (Lipinski definition) is 0. The van der Waals surface area contributed by atoms with Gasteiger partial charge in [0.15, 0.2) is 5.58 Å². The van der Waals surface area contributed by atoms with E-state index in [0.29, 0.717) is 18.9 Å². The van der Waals surface area contributed by atoms with E-state index in [0.717, 1.165) is 22.5 Å². The number of para-hydroxylation sites is 2. The fraction of sp³-hybridized carbons (Fsp3) is 0.222. The number of ether oxygens (including phenoxy) is 1. The Balaban J connectivity index is 1.62. The SMILES string of the molecule is COc1cccc(N2C[C@H](c3nc4ccccc4o3)CC2=O)c1. The van der Waals surface area contributed by atoms with Crippen molar-refractivity contribution in [2.24, 2.45) is 0 Å². The minimum atomic E-state index is -0.0268. The molecule has 2 aromatic carbocycles. The molecule has 1 saturated heterocycles. The minimum Gasteiger partial charge on any atom is -0.497 e. The second-order valence-corrected chi connectivity index (χ2v) is 5.63. The van der Waals surface area contributed by atoms with Crippen molar-refractivity contribution >= 4 is 22.7 Å². The molecule has 1 atom stereocenters. The van der Waals surface area contributed by atoms with Crippen LogP contribution in [0.25, 0.3) is 11.1 Å². The summed E-state index contributed by atoms with van der Waals surface area (Å²) in [5, 5.41) is 0. The summed E-state index contributed by atoms with van der Waals surface area (Å²) < 4.78 is 11.0. The molecule has 1 fully saturated rings. The summed E-state index contributed by atoms with van der Waals surface area (Å²) in [6, 6.07) is 15.2. The summed E-state index contributed by atoms with van der Waals surface area (Å²) in [5.41, 5.74) is 2.43. The van der Waals surface area contributed by atoms with E-state index >= 15 is 0 Å². The highest BCUT2D eigenvalue weighted by Crippen LogP contribution is 2.33. The van der Waals surface area contributed by atoms with Crippen LogP contribution < -0.4 is 9.64 Å². The summed E-state index contributed by atoms with van der Waals surface area (Å²) in [4.78, 5) is 18.7. The molecule has 1 amide bonds. The molecule has 0 N–H and O–H groups in total. The van der Waals surface area contributed by atoms with E-state index in [1.165, 1.54) is 0 Å². The Bertz CT molecular complexity index is 838. The van der Waals surface area contributed by atoms with Gasteiger partial charge in [-0.3, -0.25) is 4.79 Å². The number of nitrogens with zero attached hydrogens (tertiary/aromatic N) is 2. The molecule has 116 valence electrons. The lowest BCUT2D eigenvalue weighted by molar-refractivity contribution is -0.117. The molecule has 1 aromatic heterocycles. The second kappa shape index (κ2) is 5.43. The fourth-order valence-electron chi connectivity index (χ4n) is 2.97. The Labute approximate surface area is 133 Å². The highest BCUT2D eigenvalue weighted by molar-refractivity contribution is 5.96. The van der Waals surface area contributed by atoms with Crippen molar-refractivity contribution in [2.45, 2.75) is 12.3 Å². The van der Waals surface area contributed by atoms with Crippen LogP contribution in [0.3, 0.4) is 0 Å². The highest BCUT2D eigenvalue weighted by atomic mass is 16.5. The first-order chi connectivity index (χ1) is 11.2. The molecule has 2 heterocycles. The molecule has 0 radical (unpaired) electrons. The molecule has 5 nitrogen and oxygen atoms in total. The molecule has 0 unspecified atom stereocenters. The van der Waals surface area contributed by atoms with Crippen molar-refractivity contribution in [3.63, 3.8) is 0 Å². The van der Waals surface area contributed by atoms with Gasteiger partial charge in [0.1, 0.15) is 11.3 Å². The van der Waals surface area contributed by atoms with Crippen LogP contribution in [0.1, 0.15) is 18.2 Å². The number of hydrogen-bond acceptors (Lipinski definition) is 4. The summed E-state index contributed by atoms with van der Waals surface area (Å²) in [5.74, 6) is 1.41. The number of benzene rings is 2. The maximum Gasteiger partial charge on any atom is 0.227 e. The van der Waals surface area contributed by atoms with Gasteiger partial charge in [0.2, 0.25) is 11.8 Å². The van der Waals surface area contributed by atoms with Gasteiger partial charge in [-0.2, -0.15) is 0 Å². The molecule has 23 heavy (non-hydrogen) atoms. The van der Waals surface area contributed by atoms with E-state index < -0.39 is 0 Å². The van der Waals surface area contributed by atoms with Gasteiger partial charge in [0.05, 0.1) is 13.0 Å². The third-order valence-electron chi connectivity index (χ3n) is 4.15. The van der Waals surface area contributed by atoms with Crippen molar-refractivity contribution < 1.29 is 13.9 Å². The van der Waals surface area contributed by atoms with Crippen LogP contribution in [-0.4, -0.2) is 24.5 Å². The number of methoxy groups -OCH3 is 1. The van der Waals surface area contributed by atoms with Gasteiger partial charge >= 0.3 is 0 Å². The summed E-state index contributed by atoms with van der Waals surface area (Å²) in [6.07, 6.45) is 0.407. The Morgan fingerprint density at radius 3 is 2.91 bits per heavy atom. The molecule has 4 rings (SSSR count). The van der Waals surface area contributed by atoms with Crippen LogP contribution in [0.4, 0.5) is 5.69 Å². The van der Waals surface area contributed by atoms with Crippen molar-refractivity contribution in [3.05, 3.63) is 54.4 Å². The maximum atomic E-state index is 12.4. The molecule has 0 bridgehead atoms. The standard InChI is InChI=1S/C18H16N2O3/c1-22-14-6-4-5-13(10-14)20-11-12(9-17(20)21)18-19-15-7-2-3-8-16(15)23-18/h2-8,10,12H,9,11H2,1H3/t12-/m1/s1. The van der Waals surface area contributed by atoms with E-state index in [2.05, 4.69) is 4.98 Å². The Hall–Kier alpha value is -2.82. The lowest BCUT2D eigenvalue weighted by Gasteiger charge is -2.16. The van der Waals surface area contributed by atoms with Crippen LogP contribution in [0, 0.1) is 0 Å². The number of oxazole rings is 1. The lowest BCUT2D eigenvalue weighted by atomic mass is 10.1. The molecular weight excluding hydrogens is 292 g/mol. The number of rotatable bonds is 3. The molecule has 0 aliphatic carbocycles. The van der Waals surface area contributed by atoms with Gasteiger partial charge in [-0.1, -0.05) is 18.2 Å². The maximum absolute atomic E-state index is 12.4. The first-order valence-corrected chi connectivity index (χ1v) is 7.54. The van der Waals surface area contributed by atoms with Crippen molar-refractivity contribution in [1.29, 1.82) is 0 Å². The number of carbonyl (C=O) groups excluding carboxylic acids is 1. The van der Waals surface area contributed by atoms with Crippen LogP contribution in [-0.2, 0) is 4.79 Å². The lowest BCUT2D eigenvalue weighted by Crippen LogP contribution is -2.24. The minimum absolute atomic E-state index is 0.0268. The Kier molecular flexibility index (Phi) is 3.26. The first-order valence-electron chi connectivity index (χ1n) is 7.54. The van der Waals surface area contributed by atoms with Crippen molar-refractivity contribution in [2.75, 3.05) is 18.6 Å². The summed E-state index contributed by atoms with van der Waals surface area (Å²) >= 11 is 0. The molecule has 3 aromatic rings. The smallest absolute Gasteiger partial charge is 0.227 e. The second-order valence-electron chi connectivity index (χ2n) is 5.63. The number of fused-ring (bicyclic) bond motifs is 1. The Morgan fingerprint density at radius 1 is 1.22 bits per heavy atom. The van der Waals surface area contributed by atoms with E-state index in [-0.39, 0.29) is 11.8 Å². The average Bonchev–Trinajstić information content (AvgIpc) is 3.18. The monoisotopic (exact) mass is 308 g/mol. The predicted molar refractivity (Wildman–Crippen MR) is 86.7 cm³/mol. The molecule has 1 aliphatic rings. The van der Waals surface area contributed by atoms with Crippen molar-refractivity contribution in [1.82, 2.24) is 4.98 Å². The number of aromatic nitrogens is 1. The molecule has 0 saturated carbocycles. The summed E-state index contributed by atoms with van der Waals surface area (Å²) in [6.45, 7) is 0.568. The highest BCUT2D eigenvalue weighted by Gasteiger charge is 2.34. The Morgan fingerprint density at radius 2 is 2.09 bits per heavy atom. The zero-order chi connectivity index (χ0) is 15.8. The quantitative estimate of drug-likeness (QED) is 0.744. The van der Waals surface area contributed by atoms with Gasteiger partial charge in [-0.05, 0) is 24.3 Å². The predicted octanol–water partition coefficient (Wildman–Crippen LogP) is 3.36. The number of anilines is 1. The average molecular weight is 308 g/mol. The normalized spacial score (nSPS) is 17.9. The van der Waals surface area contributed by atoms with Crippen LogP contribution in [0.15, 0.2) is 52.9 Å². The van der Waals surface area contributed by atoms with E-state index in [4.69, 9.17) is 9.15 Å². The third-order valence-corrected chi connectivity index (χ3v) is 4.15. The van der Waals surface area contributed by atoms with Gasteiger partial charge in [-0.25, -0.2) is 4.98 Å². The van der Waals surface area contributed by atoms with E-state index in [1.807, 2.05) is 48.5 Å². The van der Waals surface area contributed by atoms with Crippen molar-refractivity contribution in [3.8, 4) is 5.75 Å². The van der Waals surface area contributed by atoms with E-state index in [9.17, 15) is 4.79 Å². The van der Waals surface area contributed by atoms with Gasteiger partial charge in [0.25, 0.3) is 0 Å². The molecule has 1 aliphatic heterocycles. The largest absolute Gasteiger partial charge is 0.497 e. The van der Waals surface area contributed by atoms with Crippen LogP contribution in [0.5, 0.6) is 5.75 Å². The topological polar surface area (TPSA) is 55.6 Å². The molecule has 0 spiro atoms. The summed E-state index contributed by atoms with van der Waals surface area (Å²) in [7, 11) is 1.62. The van der Waals surface area contributed by atoms with Gasteiger partial charge in [-0.15, -0.1) is 0 Å². The zero-order valence-corrected chi connectivity index (χ0v) is 12.7. The van der Waals surface area contributed by atoms with Gasteiger partial charge in [0, 0.05) is 24.7 Å². The molecule has 5 heteroatoms. The third kappa shape index (κ3) is 2.44. The number of carbonyl (C=O) groups is 1. The first kappa shape index (κ1) is 13.8. The van der Waals surface area contributed by atoms with Crippen LogP contribution >= 0.6 is 0 Å².